The number of nitrogens with one attached hydrogen (secondary N) is 2. The number of para-hydroxylation sites is 1. The maximum Gasteiger partial charge on any atom is 0.339 e. The van der Waals surface area contributed by atoms with Gasteiger partial charge in [-0.25, -0.2) is 9.59 Å². The second-order valence-corrected chi connectivity index (χ2v) is 6.51. The summed E-state index contributed by atoms with van der Waals surface area (Å²) in [5.74, 6) is -0.781. The molecule has 2 N–H and O–H groups in total. The van der Waals surface area contributed by atoms with Crippen LogP contribution in [0.1, 0.15) is 36.0 Å². The number of carbonyl (C=O) groups is 3. The first kappa shape index (κ1) is 17.3. The van der Waals surface area contributed by atoms with Crippen LogP contribution in [0.5, 0.6) is 0 Å². The molecule has 2 fully saturated rings. The molecule has 3 rings (SSSR count). The molecule has 0 atom stereocenters. The van der Waals surface area contributed by atoms with Gasteiger partial charge in [0, 0.05) is 25.0 Å². The van der Waals surface area contributed by atoms with E-state index in [4.69, 9.17) is 4.74 Å². The summed E-state index contributed by atoms with van der Waals surface area (Å²) in [5, 5.41) is 5.79. The maximum absolute atomic E-state index is 12.5. The molecule has 1 aromatic carbocycles. The third-order valence-corrected chi connectivity index (χ3v) is 4.65. The van der Waals surface area contributed by atoms with Crippen molar-refractivity contribution in [2.45, 2.75) is 31.7 Å². The number of ether oxygens (including phenoxy) is 1. The summed E-state index contributed by atoms with van der Waals surface area (Å²) in [6, 6.07) is 7.08. The van der Waals surface area contributed by atoms with Crippen LogP contribution in [0.3, 0.4) is 0 Å². The van der Waals surface area contributed by atoms with Crippen molar-refractivity contribution in [3.8, 4) is 0 Å². The Morgan fingerprint density at radius 2 is 1.76 bits per heavy atom. The fourth-order valence-electron chi connectivity index (χ4n) is 2.95. The van der Waals surface area contributed by atoms with Crippen molar-refractivity contribution in [2.75, 3.05) is 25.5 Å². The molecule has 25 heavy (non-hydrogen) atoms. The van der Waals surface area contributed by atoms with E-state index in [0.29, 0.717) is 43.2 Å². The maximum atomic E-state index is 12.5. The quantitative estimate of drug-likeness (QED) is 0.817. The lowest BCUT2D eigenvalue weighted by Crippen LogP contribution is -2.46. The highest BCUT2D eigenvalue weighted by Gasteiger charge is 2.30. The third kappa shape index (κ3) is 4.29. The minimum absolute atomic E-state index is 0.0302. The fraction of sp³-hybridized carbons (Fsp3) is 0.500. The number of piperidine rings is 1. The Morgan fingerprint density at radius 3 is 2.40 bits per heavy atom. The van der Waals surface area contributed by atoms with Crippen LogP contribution in [0.4, 0.5) is 10.5 Å². The molecule has 1 heterocycles. The smallest absolute Gasteiger partial charge is 0.339 e. The standard InChI is InChI=1S/C18H23N3O4/c1-25-17(23)14-4-2-3-5-15(14)20-16(22)12-8-10-21(11-9-12)18(24)19-13-6-7-13/h2-5,12-13H,6-11H2,1H3,(H,19,24)(H,20,22). The summed E-state index contributed by atoms with van der Waals surface area (Å²) in [4.78, 5) is 38.1. The SMILES string of the molecule is COC(=O)c1ccccc1NC(=O)C1CCN(C(=O)NC2CC2)CC1. The van der Waals surface area contributed by atoms with Crippen LogP contribution in [0.2, 0.25) is 0 Å². The molecule has 7 nitrogen and oxygen atoms in total. The van der Waals surface area contributed by atoms with Gasteiger partial charge in [0.1, 0.15) is 0 Å². The van der Waals surface area contributed by atoms with Crippen molar-refractivity contribution < 1.29 is 19.1 Å². The number of benzene rings is 1. The highest BCUT2D eigenvalue weighted by atomic mass is 16.5. The molecular weight excluding hydrogens is 322 g/mol. The number of methoxy groups -OCH3 is 1. The molecule has 7 heteroatoms. The first-order valence-electron chi connectivity index (χ1n) is 8.62. The van der Waals surface area contributed by atoms with Gasteiger partial charge < -0.3 is 20.3 Å². The molecule has 0 spiro atoms. The van der Waals surface area contributed by atoms with Gasteiger partial charge in [0.25, 0.3) is 0 Å². The molecule has 3 amide bonds. The molecule has 0 unspecified atom stereocenters. The van der Waals surface area contributed by atoms with Crippen LogP contribution in [-0.2, 0) is 9.53 Å². The van der Waals surface area contributed by atoms with Crippen LogP contribution in [0, 0.1) is 5.92 Å². The van der Waals surface area contributed by atoms with Gasteiger partial charge in [-0.3, -0.25) is 4.79 Å². The summed E-state index contributed by atoms with van der Waals surface area (Å²) in [7, 11) is 1.31. The summed E-state index contributed by atoms with van der Waals surface area (Å²) in [6.07, 6.45) is 3.35. The molecule has 1 aliphatic heterocycles. The molecule has 134 valence electrons. The Morgan fingerprint density at radius 1 is 1.08 bits per heavy atom. The predicted octanol–water partition coefficient (Wildman–Crippen LogP) is 2.00. The van der Waals surface area contributed by atoms with Gasteiger partial charge in [-0.1, -0.05) is 12.1 Å². The summed E-state index contributed by atoms with van der Waals surface area (Å²) in [6.45, 7) is 1.13. The van der Waals surface area contributed by atoms with E-state index >= 15 is 0 Å². The van der Waals surface area contributed by atoms with Gasteiger partial charge in [-0.15, -0.1) is 0 Å². The number of rotatable bonds is 4. The van der Waals surface area contributed by atoms with Gasteiger partial charge in [0.15, 0.2) is 0 Å². The lowest BCUT2D eigenvalue weighted by atomic mass is 9.96. The van der Waals surface area contributed by atoms with Crippen molar-refractivity contribution in [1.29, 1.82) is 0 Å². The normalized spacial score (nSPS) is 17.7. The average Bonchev–Trinajstić information content (AvgIpc) is 3.45. The average molecular weight is 345 g/mol. The van der Waals surface area contributed by atoms with E-state index in [0.717, 1.165) is 12.8 Å². The zero-order valence-electron chi connectivity index (χ0n) is 14.3. The first-order valence-corrected chi connectivity index (χ1v) is 8.62. The Kier molecular flexibility index (Phi) is 5.21. The molecule has 1 aromatic rings. The second kappa shape index (κ2) is 7.55. The highest BCUT2D eigenvalue weighted by molar-refractivity contribution is 6.01. The molecule has 2 aliphatic rings. The van der Waals surface area contributed by atoms with E-state index in [2.05, 4.69) is 10.6 Å². The number of hydrogen-bond acceptors (Lipinski definition) is 4. The predicted molar refractivity (Wildman–Crippen MR) is 92.3 cm³/mol. The monoisotopic (exact) mass is 345 g/mol. The lowest BCUT2D eigenvalue weighted by molar-refractivity contribution is -0.121. The van der Waals surface area contributed by atoms with Crippen LogP contribution in [-0.4, -0.2) is 49.0 Å². The van der Waals surface area contributed by atoms with Crippen molar-refractivity contribution in [2.24, 2.45) is 5.92 Å². The van der Waals surface area contributed by atoms with E-state index in [-0.39, 0.29) is 17.9 Å². The van der Waals surface area contributed by atoms with Gasteiger partial charge in [-0.05, 0) is 37.8 Å². The van der Waals surface area contributed by atoms with Crippen LogP contribution >= 0.6 is 0 Å². The molecule has 1 aliphatic carbocycles. The summed E-state index contributed by atoms with van der Waals surface area (Å²) >= 11 is 0. The third-order valence-electron chi connectivity index (χ3n) is 4.65. The largest absolute Gasteiger partial charge is 0.465 e. The zero-order valence-corrected chi connectivity index (χ0v) is 14.3. The van der Waals surface area contributed by atoms with E-state index in [9.17, 15) is 14.4 Å². The number of amides is 3. The minimum atomic E-state index is -0.484. The van der Waals surface area contributed by atoms with Crippen molar-refractivity contribution in [3.05, 3.63) is 29.8 Å². The molecule has 1 saturated carbocycles. The second-order valence-electron chi connectivity index (χ2n) is 6.51. The minimum Gasteiger partial charge on any atom is -0.465 e. The fourth-order valence-corrected chi connectivity index (χ4v) is 2.95. The van der Waals surface area contributed by atoms with Crippen molar-refractivity contribution in [3.63, 3.8) is 0 Å². The van der Waals surface area contributed by atoms with Gasteiger partial charge in [0.05, 0.1) is 18.4 Å². The molecule has 0 radical (unpaired) electrons. The zero-order chi connectivity index (χ0) is 17.8. The van der Waals surface area contributed by atoms with E-state index in [1.807, 2.05) is 0 Å². The Bertz CT molecular complexity index is 664. The summed E-state index contributed by atoms with van der Waals surface area (Å²) in [5.41, 5.74) is 0.785. The summed E-state index contributed by atoms with van der Waals surface area (Å²) < 4.78 is 4.74. The molecule has 1 saturated heterocycles. The van der Waals surface area contributed by atoms with Gasteiger partial charge >= 0.3 is 12.0 Å². The number of carbonyl (C=O) groups excluding carboxylic acids is 3. The first-order chi connectivity index (χ1) is 12.1. The number of anilines is 1. The van der Waals surface area contributed by atoms with Crippen molar-refractivity contribution >= 4 is 23.6 Å². The number of esters is 1. The van der Waals surface area contributed by atoms with E-state index < -0.39 is 5.97 Å². The molecule has 0 bridgehead atoms. The molecular formula is C18H23N3O4. The molecule has 0 aromatic heterocycles. The van der Waals surface area contributed by atoms with Crippen LogP contribution in [0.25, 0.3) is 0 Å². The lowest BCUT2D eigenvalue weighted by Gasteiger charge is -2.31. The van der Waals surface area contributed by atoms with E-state index in [1.54, 1.807) is 29.2 Å². The van der Waals surface area contributed by atoms with Gasteiger partial charge in [0.2, 0.25) is 5.91 Å². The highest BCUT2D eigenvalue weighted by Crippen LogP contribution is 2.23. The Labute approximate surface area is 146 Å². The topological polar surface area (TPSA) is 87.7 Å². The van der Waals surface area contributed by atoms with E-state index in [1.165, 1.54) is 7.11 Å². The van der Waals surface area contributed by atoms with Crippen LogP contribution in [0.15, 0.2) is 24.3 Å². The Balaban J connectivity index is 1.54. The number of nitrogens with zero attached hydrogens (tertiary/aromatic N) is 1. The van der Waals surface area contributed by atoms with Gasteiger partial charge in [-0.2, -0.15) is 0 Å². The van der Waals surface area contributed by atoms with Crippen molar-refractivity contribution in [1.82, 2.24) is 10.2 Å². The number of hydrogen-bond donors (Lipinski definition) is 2. The van der Waals surface area contributed by atoms with Crippen LogP contribution < -0.4 is 10.6 Å². The number of urea groups is 1. The Hall–Kier alpha value is -2.57. The number of likely N-dealkylation sites (tertiary alicyclic amines) is 1.